The molecule has 1 atom stereocenters. The topological polar surface area (TPSA) is 61.6 Å². The maximum atomic E-state index is 11.4. The molecular weight excluding hydrogens is 270 g/mol. The molecule has 0 heterocycles. The molecule has 112 valence electrons. The predicted octanol–water partition coefficient (Wildman–Crippen LogP) is 1.27. The van der Waals surface area contributed by atoms with E-state index in [1.54, 1.807) is 6.07 Å². The normalized spacial score (nSPS) is 12.8. The summed E-state index contributed by atoms with van der Waals surface area (Å²) in [4.78, 5) is 11.4. The van der Waals surface area contributed by atoms with Crippen molar-refractivity contribution in [3.63, 3.8) is 0 Å². The number of hydrogen-bond donors (Lipinski definition) is 1. The second kappa shape index (κ2) is 8.89. The van der Waals surface area contributed by atoms with Gasteiger partial charge >= 0.3 is 0 Å². The fraction of sp³-hybridized carbons (Fsp3) is 0.533. The monoisotopic (exact) mass is 295 g/mol. The second-order valence-corrected chi connectivity index (χ2v) is 6.30. The summed E-state index contributed by atoms with van der Waals surface area (Å²) >= 11 is 0. The third-order valence-electron chi connectivity index (χ3n) is 3.28. The van der Waals surface area contributed by atoms with E-state index in [4.69, 9.17) is 15.2 Å². The molecule has 20 heavy (non-hydrogen) atoms. The predicted molar refractivity (Wildman–Crippen MR) is 84.0 cm³/mol. The van der Waals surface area contributed by atoms with Gasteiger partial charge in [0.15, 0.2) is 6.29 Å². The lowest BCUT2D eigenvalue weighted by atomic mass is 10.0. The Bertz CT molecular complexity index is 419. The van der Waals surface area contributed by atoms with Crippen molar-refractivity contribution in [1.29, 1.82) is 0 Å². The Morgan fingerprint density at radius 2 is 1.85 bits per heavy atom. The molecule has 2 N–H and O–H groups in total. The van der Waals surface area contributed by atoms with E-state index in [-0.39, 0.29) is 12.2 Å². The Morgan fingerprint density at radius 1 is 1.25 bits per heavy atom. The third-order valence-corrected chi connectivity index (χ3v) is 4.40. The van der Waals surface area contributed by atoms with Crippen molar-refractivity contribution in [1.82, 2.24) is 0 Å². The van der Waals surface area contributed by atoms with Crippen molar-refractivity contribution in [3.05, 3.63) is 35.4 Å². The molecule has 0 saturated heterocycles. The molecule has 0 aromatic heterocycles. The van der Waals surface area contributed by atoms with Crippen LogP contribution in [0.15, 0.2) is 24.3 Å². The first-order chi connectivity index (χ1) is 9.60. The summed E-state index contributed by atoms with van der Waals surface area (Å²) in [5.41, 5.74) is 7.42. The van der Waals surface area contributed by atoms with Gasteiger partial charge < -0.3 is 15.2 Å². The maximum Gasteiger partial charge on any atom is 0.248 e. The fourth-order valence-electron chi connectivity index (χ4n) is 2.20. The Kier molecular flexibility index (Phi) is 7.50. The van der Waals surface area contributed by atoms with Crippen molar-refractivity contribution < 1.29 is 14.3 Å². The number of rotatable bonds is 9. The number of benzene rings is 1. The largest absolute Gasteiger partial charge is 0.366 e. The van der Waals surface area contributed by atoms with Crippen LogP contribution in [-0.4, -0.2) is 35.7 Å². The molecular formula is C15H25NO3Si. The van der Waals surface area contributed by atoms with E-state index < -0.39 is 0 Å². The van der Waals surface area contributed by atoms with E-state index >= 15 is 0 Å². The molecule has 1 rings (SSSR count). The minimum absolute atomic E-state index is 0.127. The van der Waals surface area contributed by atoms with Crippen LogP contribution in [-0.2, 0) is 15.9 Å². The minimum atomic E-state index is -0.364. The summed E-state index contributed by atoms with van der Waals surface area (Å²) < 4.78 is 11.3. The quantitative estimate of drug-likeness (QED) is 0.551. The Balaban J connectivity index is 2.63. The van der Waals surface area contributed by atoms with E-state index in [0.29, 0.717) is 24.3 Å². The summed E-state index contributed by atoms with van der Waals surface area (Å²) in [6, 6.07) is 7.52. The Morgan fingerprint density at radius 3 is 2.40 bits per heavy atom. The van der Waals surface area contributed by atoms with Gasteiger partial charge in [0, 0.05) is 29.0 Å². The van der Waals surface area contributed by atoms with Crippen LogP contribution >= 0.6 is 0 Å². The van der Waals surface area contributed by atoms with Crippen LogP contribution < -0.4 is 5.73 Å². The second-order valence-electron chi connectivity index (χ2n) is 4.82. The van der Waals surface area contributed by atoms with Gasteiger partial charge in [-0.05, 0) is 43.9 Å². The highest BCUT2D eigenvalue weighted by Crippen LogP contribution is 2.21. The molecule has 1 unspecified atom stereocenters. The number of carbonyl (C=O) groups excluding carboxylic acids is 1. The summed E-state index contributed by atoms with van der Waals surface area (Å²) in [7, 11) is 0.990. The summed E-state index contributed by atoms with van der Waals surface area (Å²) in [6.07, 6.45) is 1.64. The molecule has 1 amide bonds. The van der Waals surface area contributed by atoms with Crippen LogP contribution in [0.3, 0.4) is 0 Å². The van der Waals surface area contributed by atoms with E-state index in [2.05, 4.69) is 0 Å². The zero-order valence-corrected chi connectivity index (χ0v) is 14.6. The molecule has 1 aromatic carbocycles. The van der Waals surface area contributed by atoms with Crippen LogP contribution in [0.5, 0.6) is 0 Å². The lowest BCUT2D eigenvalue weighted by molar-refractivity contribution is -0.139. The minimum Gasteiger partial charge on any atom is -0.366 e. The molecule has 5 heteroatoms. The van der Waals surface area contributed by atoms with Crippen molar-refractivity contribution in [2.75, 3.05) is 13.2 Å². The first-order valence-electron chi connectivity index (χ1n) is 7.21. The smallest absolute Gasteiger partial charge is 0.248 e. The van der Waals surface area contributed by atoms with Gasteiger partial charge in [0.25, 0.3) is 0 Å². The number of aryl methyl sites for hydroxylation is 1. The average molecular weight is 295 g/mol. The Hall–Kier alpha value is -1.17. The lowest BCUT2D eigenvalue weighted by Crippen LogP contribution is -2.24. The molecule has 4 nitrogen and oxygen atoms in total. The third kappa shape index (κ3) is 5.07. The van der Waals surface area contributed by atoms with Gasteiger partial charge in [-0.25, -0.2) is 0 Å². The molecule has 0 spiro atoms. The van der Waals surface area contributed by atoms with Crippen LogP contribution in [0.1, 0.15) is 36.2 Å². The highest BCUT2D eigenvalue weighted by atomic mass is 28.1. The molecule has 0 fully saturated rings. The number of hydrogen-bond acceptors (Lipinski definition) is 3. The van der Waals surface area contributed by atoms with Crippen LogP contribution in [0.2, 0.25) is 5.54 Å². The molecule has 0 saturated carbocycles. The van der Waals surface area contributed by atoms with Crippen LogP contribution in [0, 0.1) is 0 Å². The van der Waals surface area contributed by atoms with Gasteiger partial charge in [-0.15, -0.1) is 0 Å². The summed E-state index contributed by atoms with van der Waals surface area (Å²) in [5, 5.41) is 0. The number of carbonyl (C=O) groups is 1. The number of nitrogens with two attached hydrogens (primary N) is 1. The van der Waals surface area contributed by atoms with E-state index in [9.17, 15) is 4.79 Å². The first kappa shape index (κ1) is 16.9. The molecule has 0 aliphatic rings. The molecule has 0 radical (unpaired) electrons. The Labute approximate surface area is 124 Å². The molecule has 0 aliphatic carbocycles. The standard InChI is InChI=1S/C15H25NO3Si/c1-3-18-15(19-4-2)13(20)10-9-11-7-5-6-8-12(11)14(16)17/h5-8,13,15H,3-4,9-10H2,1-2,20H3,(H2,16,17). The van der Waals surface area contributed by atoms with E-state index in [1.165, 1.54) is 0 Å². The van der Waals surface area contributed by atoms with Gasteiger partial charge in [-0.3, -0.25) is 4.79 Å². The van der Waals surface area contributed by atoms with Crippen molar-refractivity contribution >= 4 is 16.1 Å². The summed E-state index contributed by atoms with van der Waals surface area (Å²) in [5.74, 6) is -0.364. The SMILES string of the molecule is CCOC(OCC)C([SiH3])CCc1ccccc1C(N)=O. The van der Waals surface area contributed by atoms with Gasteiger partial charge in [-0.2, -0.15) is 0 Å². The highest BCUT2D eigenvalue weighted by molar-refractivity contribution is 6.12. The highest BCUT2D eigenvalue weighted by Gasteiger charge is 2.18. The zero-order valence-electron chi connectivity index (χ0n) is 12.6. The fourth-order valence-corrected chi connectivity index (χ4v) is 2.88. The van der Waals surface area contributed by atoms with E-state index in [0.717, 1.165) is 28.6 Å². The van der Waals surface area contributed by atoms with Gasteiger partial charge in [0.1, 0.15) is 0 Å². The van der Waals surface area contributed by atoms with Gasteiger partial charge in [0.2, 0.25) is 5.91 Å². The lowest BCUT2D eigenvalue weighted by Gasteiger charge is -2.23. The van der Waals surface area contributed by atoms with E-state index in [1.807, 2.05) is 32.0 Å². The van der Waals surface area contributed by atoms with Gasteiger partial charge in [-0.1, -0.05) is 18.2 Å². The maximum absolute atomic E-state index is 11.4. The van der Waals surface area contributed by atoms with Crippen LogP contribution in [0.4, 0.5) is 0 Å². The van der Waals surface area contributed by atoms with Crippen molar-refractivity contribution in [2.24, 2.45) is 5.73 Å². The number of ether oxygens (including phenoxy) is 2. The van der Waals surface area contributed by atoms with Crippen molar-refractivity contribution in [2.45, 2.75) is 38.5 Å². The van der Waals surface area contributed by atoms with Crippen molar-refractivity contribution in [3.8, 4) is 0 Å². The molecule has 0 bridgehead atoms. The van der Waals surface area contributed by atoms with Crippen LogP contribution in [0.25, 0.3) is 0 Å². The molecule has 0 aliphatic heterocycles. The number of primary amides is 1. The van der Waals surface area contributed by atoms with Gasteiger partial charge in [0.05, 0.1) is 0 Å². The summed E-state index contributed by atoms with van der Waals surface area (Å²) in [6.45, 7) is 5.26. The molecule has 1 aromatic rings. The zero-order chi connectivity index (χ0) is 15.0. The number of amides is 1. The average Bonchev–Trinajstić information content (AvgIpc) is 2.44. The first-order valence-corrected chi connectivity index (χ1v) is 8.36.